The molecule has 1 rings (SSSR count). The molecule has 1 unspecified atom stereocenters. The highest BCUT2D eigenvalue weighted by molar-refractivity contribution is 14.1. The molecule has 0 aliphatic carbocycles. The zero-order valence-electron chi connectivity index (χ0n) is 8.59. The second-order valence-electron chi connectivity index (χ2n) is 3.61. The molecule has 1 atom stereocenters. The maximum Gasteiger partial charge on any atom is 0.252 e. The van der Waals surface area contributed by atoms with Gasteiger partial charge in [-0.1, -0.05) is 13.8 Å². The van der Waals surface area contributed by atoms with Crippen LogP contribution < -0.4 is 5.32 Å². The molecule has 1 aromatic rings. The maximum absolute atomic E-state index is 11.6. The molecule has 0 saturated carbocycles. The van der Waals surface area contributed by atoms with Crippen molar-refractivity contribution in [3.8, 4) is 0 Å². The van der Waals surface area contributed by atoms with Crippen LogP contribution in [0.4, 0.5) is 0 Å². The van der Waals surface area contributed by atoms with E-state index >= 15 is 0 Å². The first-order valence-corrected chi connectivity index (χ1v) is 7.06. The first kappa shape index (κ1) is 13.3. The van der Waals surface area contributed by atoms with E-state index in [1.807, 2.05) is 25.3 Å². The normalized spacial score (nSPS) is 12.9. The van der Waals surface area contributed by atoms with Crippen LogP contribution in [0.5, 0.6) is 0 Å². The van der Waals surface area contributed by atoms with Crippen LogP contribution >= 0.6 is 45.5 Å². The van der Waals surface area contributed by atoms with Crippen molar-refractivity contribution in [3.63, 3.8) is 0 Å². The van der Waals surface area contributed by atoms with Crippen molar-refractivity contribution in [1.29, 1.82) is 0 Å². The monoisotopic (exact) mass is 357 g/mol. The SMILES string of the molecule is CC(C)C(Cl)CNC(=O)c1csc(I)c1. The van der Waals surface area contributed by atoms with Gasteiger partial charge in [-0.3, -0.25) is 4.79 Å². The van der Waals surface area contributed by atoms with Gasteiger partial charge in [0.05, 0.1) is 13.8 Å². The topological polar surface area (TPSA) is 29.1 Å². The van der Waals surface area contributed by atoms with E-state index in [4.69, 9.17) is 11.6 Å². The van der Waals surface area contributed by atoms with Crippen molar-refractivity contribution in [2.75, 3.05) is 6.54 Å². The summed E-state index contributed by atoms with van der Waals surface area (Å²) < 4.78 is 1.11. The number of nitrogens with one attached hydrogen (secondary N) is 1. The largest absolute Gasteiger partial charge is 0.351 e. The highest BCUT2D eigenvalue weighted by Gasteiger charge is 2.12. The summed E-state index contributed by atoms with van der Waals surface area (Å²) in [5, 5.41) is 4.67. The van der Waals surface area contributed by atoms with E-state index in [0.717, 1.165) is 8.45 Å². The molecular weight excluding hydrogens is 345 g/mol. The molecule has 84 valence electrons. The maximum atomic E-state index is 11.6. The van der Waals surface area contributed by atoms with E-state index in [2.05, 4.69) is 27.9 Å². The average Bonchev–Trinajstić information content (AvgIpc) is 2.60. The van der Waals surface area contributed by atoms with Crippen LogP contribution in [-0.4, -0.2) is 17.8 Å². The van der Waals surface area contributed by atoms with Crippen LogP contribution in [0.2, 0.25) is 0 Å². The van der Waals surface area contributed by atoms with Crippen LogP contribution in [0.3, 0.4) is 0 Å². The fraction of sp³-hybridized carbons (Fsp3) is 0.500. The van der Waals surface area contributed by atoms with Crippen molar-refractivity contribution in [2.24, 2.45) is 5.92 Å². The minimum Gasteiger partial charge on any atom is -0.351 e. The Balaban J connectivity index is 2.43. The summed E-state index contributed by atoms with van der Waals surface area (Å²) in [5.41, 5.74) is 0.719. The fourth-order valence-corrected chi connectivity index (χ4v) is 2.36. The van der Waals surface area contributed by atoms with Crippen LogP contribution in [0.1, 0.15) is 24.2 Å². The van der Waals surface area contributed by atoms with Gasteiger partial charge in [0.15, 0.2) is 0 Å². The number of hydrogen-bond donors (Lipinski definition) is 1. The smallest absolute Gasteiger partial charge is 0.252 e. The van der Waals surface area contributed by atoms with Crippen LogP contribution in [0.15, 0.2) is 11.4 Å². The zero-order chi connectivity index (χ0) is 11.4. The van der Waals surface area contributed by atoms with Gasteiger partial charge in [0, 0.05) is 11.9 Å². The number of carbonyl (C=O) groups is 1. The first-order valence-electron chi connectivity index (χ1n) is 4.67. The Morgan fingerprint density at radius 3 is 2.80 bits per heavy atom. The molecule has 1 N–H and O–H groups in total. The van der Waals surface area contributed by atoms with Crippen molar-refractivity contribution in [3.05, 3.63) is 19.9 Å². The molecule has 0 bridgehead atoms. The summed E-state index contributed by atoms with van der Waals surface area (Å²) in [7, 11) is 0. The van der Waals surface area contributed by atoms with E-state index in [1.165, 1.54) is 0 Å². The third-order valence-electron chi connectivity index (χ3n) is 2.01. The summed E-state index contributed by atoms with van der Waals surface area (Å²) in [6, 6.07) is 1.87. The summed E-state index contributed by atoms with van der Waals surface area (Å²) in [6.07, 6.45) is 0. The molecule has 1 aromatic heterocycles. The van der Waals surface area contributed by atoms with E-state index in [9.17, 15) is 4.79 Å². The van der Waals surface area contributed by atoms with Gasteiger partial charge in [0.2, 0.25) is 0 Å². The van der Waals surface area contributed by atoms with Gasteiger partial charge in [-0.15, -0.1) is 22.9 Å². The summed E-state index contributed by atoms with van der Waals surface area (Å²) in [6.45, 7) is 4.60. The van der Waals surface area contributed by atoms with Gasteiger partial charge in [0.1, 0.15) is 0 Å². The Morgan fingerprint density at radius 2 is 2.33 bits per heavy atom. The van der Waals surface area contributed by atoms with Gasteiger partial charge in [-0.25, -0.2) is 0 Å². The van der Waals surface area contributed by atoms with Gasteiger partial charge >= 0.3 is 0 Å². The molecule has 0 radical (unpaired) electrons. The van der Waals surface area contributed by atoms with Crippen molar-refractivity contribution in [2.45, 2.75) is 19.2 Å². The minimum atomic E-state index is -0.0412. The summed E-state index contributed by atoms with van der Waals surface area (Å²) in [5.74, 6) is 0.329. The Labute approximate surface area is 113 Å². The Morgan fingerprint density at radius 1 is 1.67 bits per heavy atom. The quantitative estimate of drug-likeness (QED) is 0.650. The third-order valence-corrected chi connectivity index (χ3v) is 4.46. The number of rotatable bonds is 4. The predicted octanol–water partition coefficient (Wildman–Crippen LogP) is 3.35. The predicted molar refractivity (Wildman–Crippen MR) is 73.8 cm³/mol. The number of amides is 1. The van der Waals surface area contributed by atoms with Gasteiger partial charge in [-0.2, -0.15) is 0 Å². The number of thiophene rings is 1. The van der Waals surface area contributed by atoms with E-state index in [1.54, 1.807) is 11.3 Å². The van der Waals surface area contributed by atoms with Crippen molar-refractivity contribution >= 4 is 51.4 Å². The van der Waals surface area contributed by atoms with Gasteiger partial charge in [0.25, 0.3) is 5.91 Å². The lowest BCUT2D eigenvalue weighted by Gasteiger charge is -2.13. The van der Waals surface area contributed by atoms with Crippen LogP contribution in [-0.2, 0) is 0 Å². The van der Waals surface area contributed by atoms with Crippen molar-refractivity contribution in [1.82, 2.24) is 5.32 Å². The number of halogens is 2. The third kappa shape index (κ3) is 4.28. The highest BCUT2D eigenvalue weighted by atomic mass is 127. The zero-order valence-corrected chi connectivity index (χ0v) is 12.3. The number of alkyl halides is 1. The molecule has 1 amide bonds. The van der Waals surface area contributed by atoms with Gasteiger partial charge < -0.3 is 5.32 Å². The Hall–Kier alpha value is 0.190. The minimum absolute atomic E-state index is 0.00772. The first-order chi connectivity index (χ1) is 7.00. The molecule has 0 spiro atoms. The lowest BCUT2D eigenvalue weighted by atomic mass is 10.1. The van der Waals surface area contributed by atoms with Crippen LogP contribution in [0, 0.1) is 8.80 Å². The molecular formula is C10H13ClINOS. The van der Waals surface area contributed by atoms with E-state index in [0.29, 0.717) is 12.5 Å². The Kier molecular flexibility index (Phi) is 5.35. The summed E-state index contributed by atoms with van der Waals surface area (Å²) >= 11 is 9.80. The summed E-state index contributed by atoms with van der Waals surface area (Å²) in [4.78, 5) is 11.6. The highest BCUT2D eigenvalue weighted by Crippen LogP contribution is 2.16. The standard InChI is InChI=1S/C10H13ClINOS/c1-6(2)8(11)4-13-10(14)7-3-9(12)15-5-7/h3,5-6,8H,4H2,1-2H3,(H,13,14). The fourth-order valence-electron chi connectivity index (χ4n) is 0.957. The molecule has 0 aromatic carbocycles. The van der Waals surface area contributed by atoms with Crippen LogP contribution in [0.25, 0.3) is 0 Å². The lowest BCUT2D eigenvalue weighted by Crippen LogP contribution is -2.31. The number of hydrogen-bond acceptors (Lipinski definition) is 2. The Bertz CT molecular complexity index is 340. The van der Waals surface area contributed by atoms with Gasteiger partial charge in [-0.05, 0) is 34.6 Å². The molecule has 15 heavy (non-hydrogen) atoms. The molecule has 1 heterocycles. The lowest BCUT2D eigenvalue weighted by molar-refractivity contribution is 0.0953. The molecule has 2 nitrogen and oxygen atoms in total. The number of carbonyl (C=O) groups excluding carboxylic acids is 1. The molecule has 0 fully saturated rings. The van der Waals surface area contributed by atoms with Crippen molar-refractivity contribution < 1.29 is 4.79 Å². The molecule has 0 aliphatic rings. The molecule has 5 heteroatoms. The second-order valence-corrected chi connectivity index (χ2v) is 6.98. The molecule has 0 aliphatic heterocycles. The van der Waals surface area contributed by atoms with E-state index < -0.39 is 0 Å². The van der Waals surface area contributed by atoms with E-state index in [-0.39, 0.29) is 11.3 Å². The average molecular weight is 358 g/mol. The second kappa shape index (κ2) is 6.06. The molecule has 0 saturated heterocycles.